The van der Waals surface area contributed by atoms with E-state index in [4.69, 9.17) is 16.3 Å². The van der Waals surface area contributed by atoms with Crippen LogP contribution < -0.4 is 9.77 Å². The minimum atomic E-state index is -4.91. The number of fused-ring (bicyclic) bond motifs is 1. The van der Waals surface area contributed by atoms with E-state index in [0.29, 0.717) is 35.7 Å². The van der Waals surface area contributed by atoms with Crippen LogP contribution in [0.3, 0.4) is 0 Å². The molecule has 218 valence electrons. The number of rotatable bonds is 10. The summed E-state index contributed by atoms with van der Waals surface area (Å²) >= 11 is 7.10. The van der Waals surface area contributed by atoms with Gasteiger partial charge in [-0.3, -0.25) is 34.4 Å². The van der Waals surface area contributed by atoms with Crippen LogP contribution in [0.25, 0.3) is 10.2 Å². The van der Waals surface area contributed by atoms with Crippen LogP contribution in [0, 0.1) is 20.2 Å². The number of nitro groups is 2. The summed E-state index contributed by atoms with van der Waals surface area (Å²) in [5, 5.41) is 22.8. The maximum Gasteiger partial charge on any atom is 0.416 e. The number of thiazole rings is 1. The molecule has 0 bridgehead atoms. The van der Waals surface area contributed by atoms with Crippen molar-refractivity contribution in [3.63, 3.8) is 0 Å². The number of anilines is 1. The van der Waals surface area contributed by atoms with Gasteiger partial charge in [0.05, 0.1) is 37.3 Å². The lowest BCUT2D eigenvalue weighted by atomic mass is 10.1. The van der Waals surface area contributed by atoms with Gasteiger partial charge in [-0.25, -0.2) is 0 Å². The van der Waals surface area contributed by atoms with Gasteiger partial charge in [0, 0.05) is 25.2 Å². The van der Waals surface area contributed by atoms with E-state index >= 15 is 0 Å². The summed E-state index contributed by atoms with van der Waals surface area (Å²) in [6, 6.07) is 5.95. The Labute approximate surface area is 235 Å². The number of benzene rings is 2. The van der Waals surface area contributed by atoms with Crippen molar-refractivity contribution < 1.29 is 32.5 Å². The zero-order valence-electron chi connectivity index (χ0n) is 21.7. The molecular weight excluding hydrogens is 581 g/mol. The maximum atomic E-state index is 12.8. The molecule has 0 saturated carbocycles. The van der Waals surface area contributed by atoms with Crippen LogP contribution >= 0.6 is 22.9 Å². The Hall–Kier alpha value is -3.72. The van der Waals surface area contributed by atoms with Crippen molar-refractivity contribution in [1.82, 2.24) is 4.57 Å². The lowest BCUT2D eigenvalue weighted by Gasteiger charge is -2.23. The number of hydrogen-bond acceptors (Lipinski definition) is 9. The van der Waals surface area contributed by atoms with E-state index in [9.17, 15) is 43.0 Å². The number of halogens is 4. The third kappa shape index (κ3) is 7.91. The molecule has 0 aliphatic heterocycles. The molecule has 3 aromatic rings. The molecule has 0 aliphatic carbocycles. The number of aromatic nitrogens is 1. The minimum Gasteiger partial charge on any atom is -0.465 e. The fourth-order valence-electron chi connectivity index (χ4n) is 3.71. The Kier molecular flexibility index (Phi) is 11.4. The molecule has 0 fully saturated rings. The number of hydrogen-bond donors (Lipinski definition) is 0. The van der Waals surface area contributed by atoms with E-state index in [1.807, 2.05) is 6.92 Å². The summed E-state index contributed by atoms with van der Waals surface area (Å²) in [5.74, 6) is -0.436. The Balaban J connectivity index is 0.000000292. The molecule has 0 N–H and O–H groups in total. The molecule has 0 radical (unpaired) electrons. The summed E-state index contributed by atoms with van der Waals surface area (Å²) in [4.78, 5) is 44.6. The predicted octanol–water partition coefficient (Wildman–Crippen LogP) is 6.43. The second-order valence-corrected chi connectivity index (χ2v) is 9.55. The van der Waals surface area contributed by atoms with E-state index in [1.165, 1.54) is 9.47 Å². The molecule has 0 aliphatic rings. The number of nitrogens with zero attached hydrogens (tertiary/aromatic N) is 4. The number of alkyl halides is 3. The highest BCUT2D eigenvalue weighted by Gasteiger charge is 2.38. The van der Waals surface area contributed by atoms with Crippen molar-refractivity contribution >= 4 is 56.2 Å². The van der Waals surface area contributed by atoms with Crippen molar-refractivity contribution in [2.24, 2.45) is 0 Å². The van der Waals surface area contributed by atoms with Crippen molar-refractivity contribution in [1.29, 1.82) is 0 Å². The summed E-state index contributed by atoms with van der Waals surface area (Å²) in [6.45, 7) is 5.89. The van der Waals surface area contributed by atoms with Gasteiger partial charge in [-0.05, 0) is 32.4 Å². The van der Waals surface area contributed by atoms with Gasteiger partial charge in [0.1, 0.15) is 6.54 Å². The predicted molar refractivity (Wildman–Crippen MR) is 145 cm³/mol. The van der Waals surface area contributed by atoms with Gasteiger partial charge >= 0.3 is 17.0 Å². The molecular formula is C24H26ClF3N4O7S. The van der Waals surface area contributed by atoms with Gasteiger partial charge in [-0.15, -0.1) is 0 Å². The van der Waals surface area contributed by atoms with Crippen molar-refractivity contribution in [3.8, 4) is 0 Å². The monoisotopic (exact) mass is 606 g/mol. The lowest BCUT2D eigenvalue weighted by molar-refractivity contribution is -0.393. The number of carbonyl (C=O) groups is 1. The van der Waals surface area contributed by atoms with Crippen molar-refractivity contribution in [2.45, 2.75) is 46.3 Å². The van der Waals surface area contributed by atoms with Crippen LogP contribution in [-0.4, -0.2) is 40.1 Å². The van der Waals surface area contributed by atoms with E-state index in [1.54, 1.807) is 32.0 Å². The van der Waals surface area contributed by atoms with E-state index in [2.05, 4.69) is 0 Å². The molecule has 0 unspecified atom stereocenters. The largest absolute Gasteiger partial charge is 0.465 e. The third-order valence-electron chi connectivity index (χ3n) is 5.50. The van der Waals surface area contributed by atoms with Gasteiger partial charge in [0.2, 0.25) is 0 Å². The standard InChI is InChI=1S/C13H16F3N3O4.C11H10ClNO3S/c1-3-5-6-17(4-2)12-10(18(20)21)7-9(13(14,15)16)8-11(12)19(22)23;1-2-16-9(14)6-13-10-7(12)4-3-5-8(10)17-11(13)15/h7-8H,3-6H2,1-2H3;3-5H,2,6H2,1H3. The first-order valence-electron chi connectivity index (χ1n) is 12.0. The van der Waals surface area contributed by atoms with E-state index in [0.717, 1.165) is 22.5 Å². The van der Waals surface area contributed by atoms with Crippen molar-refractivity contribution in [3.05, 3.63) is 70.8 Å². The molecule has 11 nitrogen and oxygen atoms in total. The molecule has 2 aromatic carbocycles. The average molecular weight is 607 g/mol. The first-order chi connectivity index (χ1) is 18.8. The fraction of sp³-hybridized carbons (Fsp3) is 0.417. The van der Waals surface area contributed by atoms with Crippen molar-refractivity contribution in [2.75, 3.05) is 24.6 Å². The van der Waals surface area contributed by atoms with Crippen LogP contribution in [0.15, 0.2) is 35.1 Å². The zero-order chi connectivity index (χ0) is 30.2. The van der Waals surface area contributed by atoms with Gasteiger partial charge in [0.25, 0.3) is 11.4 Å². The Morgan fingerprint density at radius 3 is 2.20 bits per heavy atom. The molecule has 1 aromatic heterocycles. The summed E-state index contributed by atoms with van der Waals surface area (Å²) in [5.41, 5.74) is -3.03. The number of para-hydroxylation sites is 1. The van der Waals surface area contributed by atoms with Crippen LogP contribution in [0.5, 0.6) is 0 Å². The molecule has 40 heavy (non-hydrogen) atoms. The topological polar surface area (TPSA) is 138 Å². The second-order valence-electron chi connectivity index (χ2n) is 8.15. The Bertz CT molecular complexity index is 1410. The molecule has 3 rings (SSSR count). The molecule has 0 atom stereocenters. The zero-order valence-corrected chi connectivity index (χ0v) is 23.3. The molecule has 0 saturated heterocycles. The van der Waals surface area contributed by atoms with Gasteiger partial charge in [-0.1, -0.05) is 42.3 Å². The van der Waals surface area contributed by atoms with Crippen LogP contribution in [-0.2, 0) is 22.3 Å². The number of ether oxygens (including phenoxy) is 1. The first kappa shape index (κ1) is 32.5. The number of carbonyl (C=O) groups excluding carboxylic acids is 1. The van der Waals surface area contributed by atoms with Gasteiger partial charge in [-0.2, -0.15) is 13.2 Å². The summed E-state index contributed by atoms with van der Waals surface area (Å²) in [6.07, 6.45) is -3.57. The molecule has 0 spiro atoms. The van der Waals surface area contributed by atoms with Gasteiger partial charge < -0.3 is 9.64 Å². The van der Waals surface area contributed by atoms with Crippen LogP contribution in [0.2, 0.25) is 5.02 Å². The Morgan fingerprint density at radius 1 is 1.12 bits per heavy atom. The molecule has 16 heteroatoms. The third-order valence-corrected chi connectivity index (χ3v) is 6.75. The minimum absolute atomic E-state index is 0.101. The fourth-order valence-corrected chi connectivity index (χ4v) is 4.96. The smallest absolute Gasteiger partial charge is 0.416 e. The van der Waals surface area contributed by atoms with Crippen LogP contribution in [0.4, 0.5) is 30.2 Å². The van der Waals surface area contributed by atoms with E-state index in [-0.39, 0.29) is 30.2 Å². The SMILES string of the molecule is CCCCN(CC)c1c([N+](=O)[O-])cc(C(F)(F)F)cc1[N+](=O)[O-].CCOC(=O)Cn1c(=O)sc2cccc(Cl)c21. The first-order valence-corrected chi connectivity index (χ1v) is 13.2. The molecule has 1 heterocycles. The highest BCUT2D eigenvalue weighted by molar-refractivity contribution is 7.16. The number of unbranched alkanes of at least 4 members (excludes halogenated alkanes) is 1. The number of esters is 1. The Morgan fingerprint density at radius 2 is 1.73 bits per heavy atom. The highest BCUT2D eigenvalue weighted by atomic mass is 35.5. The highest BCUT2D eigenvalue weighted by Crippen LogP contribution is 2.43. The normalized spacial score (nSPS) is 11.1. The van der Waals surface area contributed by atoms with E-state index < -0.39 is 38.9 Å². The molecule has 0 amide bonds. The van der Waals surface area contributed by atoms with Crippen LogP contribution in [0.1, 0.15) is 39.2 Å². The summed E-state index contributed by atoms with van der Waals surface area (Å²) < 4.78 is 45.4. The second kappa shape index (κ2) is 14.1. The lowest BCUT2D eigenvalue weighted by Crippen LogP contribution is -2.26. The summed E-state index contributed by atoms with van der Waals surface area (Å²) in [7, 11) is 0. The van der Waals surface area contributed by atoms with Gasteiger partial charge in [0.15, 0.2) is 5.69 Å². The quantitative estimate of drug-likeness (QED) is 0.146. The maximum absolute atomic E-state index is 12.8. The average Bonchev–Trinajstić information content (AvgIpc) is 3.19. The number of nitro benzene ring substituents is 2.